The van der Waals surface area contributed by atoms with Gasteiger partial charge in [-0.25, -0.2) is 0 Å². The lowest BCUT2D eigenvalue weighted by Gasteiger charge is -2.55. The Hall–Kier alpha value is -1.34. The summed E-state index contributed by atoms with van der Waals surface area (Å²) in [6.07, 6.45) is 13.7. The molecule has 4 saturated carbocycles. The van der Waals surface area contributed by atoms with Gasteiger partial charge in [-0.15, -0.1) is 22.5 Å². The Bertz CT molecular complexity index is 521. The Balaban J connectivity index is 1.63. The van der Waals surface area contributed by atoms with E-state index in [0.717, 1.165) is 23.6 Å². The van der Waals surface area contributed by atoms with Crippen molar-refractivity contribution in [3.8, 4) is 12.3 Å². The van der Waals surface area contributed by atoms with E-state index in [1.54, 1.807) is 0 Å². The Morgan fingerprint density at radius 1 is 1.20 bits per heavy atom. The second kappa shape index (κ2) is 4.33. The highest BCUT2D eigenvalue weighted by molar-refractivity contribution is 5.15. The first-order chi connectivity index (χ1) is 9.68. The van der Waals surface area contributed by atoms with Crippen LogP contribution < -0.4 is 5.73 Å². The molecule has 1 aromatic rings. The summed E-state index contributed by atoms with van der Waals surface area (Å²) in [6, 6.07) is -0.324. The molecule has 1 unspecified atom stereocenters. The Labute approximate surface area is 119 Å². The zero-order chi connectivity index (χ0) is 13.7. The van der Waals surface area contributed by atoms with E-state index in [9.17, 15) is 0 Å². The first-order valence-electron chi connectivity index (χ1n) is 7.71. The maximum absolute atomic E-state index is 5.97. The lowest BCUT2D eigenvalue weighted by molar-refractivity contribution is -0.0183. The molecule has 0 saturated heterocycles. The summed E-state index contributed by atoms with van der Waals surface area (Å²) in [5.41, 5.74) is 6.12. The monoisotopic (exact) mass is 271 g/mol. The summed E-state index contributed by atoms with van der Waals surface area (Å²) >= 11 is 0. The van der Waals surface area contributed by atoms with Crippen molar-refractivity contribution in [2.45, 2.75) is 56.4 Å². The average Bonchev–Trinajstić information content (AvgIpc) is 2.87. The van der Waals surface area contributed by atoms with Gasteiger partial charge in [0.15, 0.2) is 0 Å². The van der Waals surface area contributed by atoms with Crippen molar-refractivity contribution in [1.29, 1.82) is 0 Å². The maximum atomic E-state index is 5.97. The maximum Gasteiger partial charge on any atom is 0.234 e. The lowest BCUT2D eigenvalue weighted by Crippen LogP contribution is -2.48. The molecule has 0 spiro atoms. The smallest absolute Gasteiger partial charge is 0.234 e. The van der Waals surface area contributed by atoms with Gasteiger partial charge in [-0.05, 0) is 56.3 Å². The van der Waals surface area contributed by atoms with E-state index < -0.39 is 0 Å². The molecule has 0 radical (unpaired) electrons. The molecule has 1 aromatic heterocycles. The van der Waals surface area contributed by atoms with Crippen molar-refractivity contribution in [3.05, 3.63) is 11.8 Å². The van der Waals surface area contributed by atoms with E-state index in [4.69, 9.17) is 16.6 Å². The van der Waals surface area contributed by atoms with Crippen molar-refractivity contribution in [2.24, 2.45) is 23.5 Å². The zero-order valence-corrected chi connectivity index (χ0v) is 11.7. The van der Waals surface area contributed by atoms with E-state index in [1.807, 2.05) is 0 Å². The van der Waals surface area contributed by atoms with Crippen molar-refractivity contribution in [1.82, 2.24) is 10.2 Å². The normalized spacial score (nSPS) is 39.7. The van der Waals surface area contributed by atoms with Gasteiger partial charge < -0.3 is 10.2 Å². The molecule has 1 atom stereocenters. The zero-order valence-electron chi connectivity index (χ0n) is 11.7. The summed E-state index contributed by atoms with van der Waals surface area (Å²) in [6.45, 7) is 0. The first-order valence-corrected chi connectivity index (χ1v) is 7.71. The van der Waals surface area contributed by atoms with E-state index in [-0.39, 0.29) is 11.5 Å². The van der Waals surface area contributed by atoms with Gasteiger partial charge in [-0.1, -0.05) is 0 Å². The van der Waals surface area contributed by atoms with Crippen LogP contribution in [-0.2, 0) is 5.41 Å². The summed E-state index contributed by atoms with van der Waals surface area (Å²) in [5.74, 6) is 6.51. The number of nitrogens with zero attached hydrogens (tertiary/aromatic N) is 2. The third kappa shape index (κ3) is 1.80. The van der Waals surface area contributed by atoms with E-state index >= 15 is 0 Å². The number of aromatic nitrogens is 2. The molecule has 1 heterocycles. The molecule has 2 N–H and O–H groups in total. The van der Waals surface area contributed by atoms with Crippen molar-refractivity contribution in [2.75, 3.05) is 0 Å². The van der Waals surface area contributed by atoms with Gasteiger partial charge >= 0.3 is 0 Å². The Morgan fingerprint density at radius 2 is 1.80 bits per heavy atom. The summed E-state index contributed by atoms with van der Waals surface area (Å²) < 4.78 is 5.94. The van der Waals surface area contributed by atoms with Crippen molar-refractivity contribution >= 4 is 0 Å². The number of hydrogen-bond acceptors (Lipinski definition) is 4. The van der Waals surface area contributed by atoms with E-state index in [1.165, 1.54) is 38.5 Å². The molecule has 4 aliphatic rings. The van der Waals surface area contributed by atoms with E-state index in [0.29, 0.717) is 12.3 Å². The Morgan fingerprint density at radius 3 is 2.35 bits per heavy atom. The van der Waals surface area contributed by atoms with Crippen LogP contribution in [0.25, 0.3) is 0 Å². The van der Waals surface area contributed by atoms with Crippen LogP contribution in [0.2, 0.25) is 0 Å². The van der Waals surface area contributed by atoms with Crippen LogP contribution in [0.15, 0.2) is 4.42 Å². The van der Waals surface area contributed by atoms with Crippen LogP contribution in [0.3, 0.4) is 0 Å². The SMILES string of the molecule is C#CCC(N)c1nnc(C23CC4CC(CC(C4)C2)C3)o1. The molecule has 20 heavy (non-hydrogen) atoms. The van der Waals surface area contributed by atoms with Gasteiger partial charge in [-0.2, -0.15) is 0 Å². The van der Waals surface area contributed by atoms with Crippen LogP contribution in [0.5, 0.6) is 0 Å². The summed E-state index contributed by atoms with van der Waals surface area (Å²) in [5, 5.41) is 8.50. The number of hydrogen-bond donors (Lipinski definition) is 1. The molecule has 0 aromatic carbocycles. The lowest BCUT2D eigenvalue weighted by atomic mass is 9.49. The minimum absolute atomic E-state index is 0.149. The molecule has 0 amide bonds. The van der Waals surface area contributed by atoms with Gasteiger partial charge in [0, 0.05) is 11.8 Å². The molecule has 4 heteroatoms. The molecule has 4 nitrogen and oxygen atoms in total. The van der Waals surface area contributed by atoms with Gasteiger partial charge in [0.1, 0.15) is 0 Å². The number of rotatable bonds is 3. The van der Waals surface area contributed by atoms with Crippen LogP contribution in [0, 0.1) is 30.1 Å². The fraction of sp³-hybridized carbons (Fsp3) is 0.750. The van der Waals surface area contributed by atoms with Crippen molar-refractivity contribution in [3.63, 3.8) is 0 Å². The summed E-state index contributed by atoms with van der Waals surface area (Å²) in [7, 11) is 0. The molecule has 0 aliphatic heterocycles. The van der Waals surface area contributed by atoms with Crippen LogP contribution >= 0.6 is 0 Å². The molecule has 106 valence electrons. The quantitative estimate of drug-likeness (QED) is 0.858. The highest BCUT2D eigenvalue weighted by Gasteiger charge is 2.54. The first kappa shape index (κ1) is 12.4. The molecule has 4 bridgehead atoms. The van der Waals surface area contributed by atoms with Crippen LogP contribution in [-0.4, -0.2) is 10.2 Å². The van der Waals surface area contributed by atoms with Crippen molar-refractivity contribution < 1.29 is 4.42 Å². The largest absolute Gasteiger partial charge is 0.423 e. The predicted molar refractivity (Wildman–Crippen MR) is 74.5 cm³/mol. The molecule has 4 aliphatic carbocycles. The highest BCUT2D eigenvalue weighted by Crippen LogP contribution is 2.60. The Kier molecular flexibility index (Phi) is 2.68. The average molecular weight is 271 g/mol. The molecular weight excluding hydrogens is 250 g/mol. The highest BCUT2D eigenvalue weighted by atomic mass is 16.4. The predicted octanol–water partition coefficient (Wildman–Crippen LogP) is 2.56. The minimum Gasteiger partial charge on any atom is -0.423 e. The van der Waals surface area contributed by atoms with Crippen LogP contribution in [0.4, 0.5) is 0 Å². The molecule has 4 fully saturated rings. The van der Waals surface area contributed by atoms with Crippen LogP contribution in [0.1, 0.15) is 62.8 Å². The second-order valence-corrected chi connectivity index (χ2v) is 7.16. The van der Waals surface area contributed by atoms with Gasteiger partial charge in [0.25, 0.3) is 0 Å². The third-order valence-electron chi connectivity index (χ3n) is 5.59. The molecule has 5 rings (SSSR count). The number of nitrogens with two attached hydrogens (primary N) is 1. The van der Waals surface area contributed by atoms with Gasteiger partial charge in [0.05, 0.1) is 6.04 Å². The summed E-state index contributed by atoms with van der Waals surface area (Å²) in [4.78, 5) is 0. The number of terminal acetylenes is 1. The third-order valence-corrected chi connectivity index (χ3v) is 5.59. The molecular formula is C16H21N3O. The standard InChI is InChI=1S/C16H21N3O/c1-2-3-13(17)14-18-19-15(20-14)16-7-10-4-11(8-16)6-12(5-10)9-16/h1,10-13H,3-9,17H2. The van der Waals surface area contributed by atoms with Gasteiger partial charge in [-0.3, -0.25) is 0 Å². The fourth-order valence-electron chi connectivity index (χ4n) is 5.19. The van der Waals surface area contributed by atoms with Gasteiger partial charge in [0.2, 0.25) is 11.8 Å². The second-order valence-electron chi connectivity index (χ2n) is 7.16. The van der Waals surface area contributed by atoms with E-state index in [2.05, 4.69) is 16.1 Å². The minimum atomic E-state index is -0.324. The fourth-order valence-corrected chi connectivity index (χ4v) is 5.19. The topological polar surface area (TPSA) is 64.9 Å².